The minimum absolute atomic E-state index is 0.293. The normalized spacial score (nSPS) is 12.9. The molecule has 12 heavy (non-hydrogen) atoms. The number of hydrogen-bond acceptors (Lipinski definition) is 2. The van der Waals surface area contributed by atoms with Crippen LogP contribution in [0.1, 0.15) is 25.0 Å². The van der Waals surface area contributed by atoms with Crippen LogP contribution in [-0.4, -0.2) is 11.5 Å². The van der Waals surface area contributed by atoms with E-state index in [1.165, 1.54) is 12.3 Å². The highest BCUT2D eigenvalue weighted by molar-refractivity contribution is 5.09. The van der Waals surface area contributed by atoms with Gasteiger partial charge >= 0.3 is 0 Å². The van der Waals surface area contributed by atoms with Gasteiger partial charge in [0.2, 0.25) is 0 Å². The van der Waals surface area contributed by atoms with Crippen molar-refractivity contribution in [1.29, 1.82) is 0 Å². The van der Waals surface area contributed by atoms with Crippen LogP contribution in [0.25, 0.3) is 0 Å². The van der Waals surface area contributed by atoms with Crippen molar-refractivity contribution in [1.82, 2.24) is 4.98 Å². The molecular weight excluding hydrogens is 155 g/mol. The van der Waals surface area contributed by atoms with Crippen molar-refractivity contribution in [2.75, 3.05) is 6.54 Å². The Labute approximate surface area is 71.6 Å². The fraction of sp³-hybridized carbons (Fsp3) is 0.444. The van der Waals surface area contributed by atoms with E-state index in [4.69, 9.17) is 5.73 Å². The maximum Gasteiger partial charge on any atom is 0.141 e. The molecule has 0 amide bonds. The second-order valence-corrected chi connectivity index (χ2v) is 2.88. The number of hydrogen-bond donors (Lipinski definition) is 1. The van der Waals surface area contributed by atoms with E-state index >= 15 is 0 Å². The molecule has 2 N–H and O–H groups in total. The molecule has 0 spiro atoms. The zero-order chi connectivity index (χ0) is 8.97. The lowest BCUT2D eigenvalue weighted by atomic mass is 10.0. The molecule has 2 nitrogen and oxygen atoms in total. The molecule has 0 saturated carbocycles. The summed E-state index contributed by atoms with van der Waals surface area (Å²) < 4.78 is 12.4. The van der Waals surface area contributed by atoms with E-state index in [1.807, 2.05) is 6.92 Å². The molecule has 0 aromatic carbocycles. The summed E-state index contributed by atoms with van der Waals surface area (Å²) in [6.45, 7) is 2.67. The van der Waals surface area contributed by atoms with Crippen molar-refractivity contribution in [2.45, 2.75) is 19.3 Å². The monoisotopic (exact) mass is 168 g/mol. The summed E-state index contributed by atoms with van der Waals surface area (Å²) in [7, 11) is 0. The van der Waals surface area contributed by atoms with Gasteiger partial charge in [-0.3, -0.25) is 4.98 Å². The van der Waals surface area contributed by atoms with Gasteiger partial charge in [-0.1, -0.05) is 6.92 Å². The van der Waals surface area contributed by atoms with E-state index in [2.05, 4.69) is 4.98 Å². The first-order valence-corrected chi connectivity index (χ1v) is 4.05. The summed E-state index contributed by atoms with van der Waals surface area (Å²) in [4.78, 5) is 3.97. The van der Waals surface area contributed by atoms with Gasteiger partial charge in [0, 0.05) is 5.69 Å². The summed E-state index contributed by atoms with van der Waals surface area (Å²) in [5.74, 6) is 0.0225. The van der Waals surface area contributed by atoms with Gasteiger partial charge in [-0.05, 0) is 31.0 Å². The lowest BCUT2D eigenvalue weighted by Crippen LogP contribution is -2.05. The van der Waals surface area contributed by atoms with Crippen LogP contribution in [0.4, 0.5) is 4.39 Å². The van der Waals surface area contributed by atoms with Crippen LogP contribution >= 0.6 is 0 Å². The van der Waals surface area contributed by atoms with Crippen molar-refractivity contribution >= 4 is 0 Å². The fourth-order valence-electron chi connectivity index (χ4n) is 1.08. The maximum absolute atomic E-state index is 12.4. The van der Waals surface area contributed by atoms with Crippen LogP contribution in [0.15, 0.2) is 18.3 Å². The molecule has 1 rings (SSSR count). The van der Waals surface area contributed by atoms with Crippen molar-refractivity contribution in [3.8, 4) is 0 Å². The standard InChI is InChI=1S/C9H13FN2/c1-7(4-5-11)9-3-2-8(10)6-12-9/h2-3,6-7H,4-5,11H2,1H3. The Bertz CT molecular complexity index is 233. The first-order valence-electron chi connectivity index (χ1n) is 4.05. The average molecular weight is 168 g/mol. The van der Waals surface area contributed by atoms with Crippen molar-refractivity contribution in [3.63, 3.8) is 0 Å². The van der Waals surface area contributed by atoms with Gasteiger partial charge in [-0.15, -0.1) is 0 Å². The molecule has 66 valence electrons. The highest BCUT2D eigenvalue weighted by Gasteiger charge is 2.04. The molecule has 1 aromatic heterocycles. The third kappa shape index (κ3) is 2.27. The largest absolute Gasteiger partial charge is 0.330 e. The Kier molecular flexibility index (Phi) is 3.17. The summed E-state index contributed by atoms with van der Waals surface area (Å²) in [5, 5.41) is 0. The molecule has 0 aliphatic rings. The molecule has 0 radical (unpaired) electrons. The molecular formula is C9H13FN2. The second-order valence-electron chi connectivity index (χ2n) is 2.88. The number of nitrogens with two attached hydrogens (primary N) is 1. The van der Waals surface area contributed by atoms with Gasteiger partial charge in [-0.2, -0.15) is 0 Å². The number of aromatic nitrogens is 1. The van der Waals surface area contributed by atoms with E-state index in [0.29, 0.717) is 12.5 Å². The quantitative estimate of drug-likeness (QED) is 0.745. The lowest BCUT2D eigenvalue weighted by molar-refractivity contribution is 0.610. The summed E-state index contributed by atoms with van der Waals surface area (Å²) in [6, 6.07) is 3.13. The predicted octanol–water partition coefficient (Wildman–Crippen LogP) is 1.67. The number of pyridine rings is 1. The van der Waals surface area contributed by atoms with E-state index in [-0.39, 0.29) is 5.82 Å². The van der Waals surface area contributed by atoms with Crippen molar-refractivity contribution < 1.29 is 4.39 Å². The summed E-state index contributed by atoms with van der Waals surface area (Å²) >= 11 is 0. The Morgan fingerprint density at radius 1 is 1.58 bits per heavy atom. The highest BCUT2D eigenvalue weighted by atomic mass is 19.1. The topological polar surface area (TPSA) is 38.9 Å². The van der Waals surface area contributed by atoms with Crippen LogP contribution in [0.5, 0.6) is 0 Å². The van der Waals surface area contributed by atoms with Gasteiger partial charge < -0.3 is 5.73 Å². The Balaban J connectivity index is 2.68. The fourth-order valence-corrected chi connectivity index (χ4v) is 1.08. The Hall–Kier alpha value is -0.960. The van der Waals surface area contributed by atoms with Gasteiger partial charge in [0.1, 0.15) is 5.82 Å². The van der Waals surface area contributed by atoms with Gasteiger partial charge in [-0.25, -0.2) is 4.39 Å². The Morgan fingerprint density at radius 3 is 2.83 bits per heavy atom. The SMILES string of the molecule is CC(CCN)c1ccc(F)cn1. The molecule has 0 aliphatic carbocycles. The zero-order valence-electron chi connectivity index (χ0n) is 7.13. The van der Waals surface area contributed by atoms with Crippen LogP contribution in [0.3, 0.4) is 0 Å². The molecule has 1 aromatic rings. The third-order valence-corrected chi connectivity index (χ3v) is 1.85. The molecule has 3 heteroatoms. The maximum atomic E-state index is 12.4. The Morgan fingerprint density at radius 2 is 2.33 bits per heavy atom. The van der Waals surface area contributed by atoms with Crippen LogP contribution in [0, 0.1) is 5.82 Å². The van der Waals surface area contributed by atoms with E-state index in [0.717, 1.165) is 12.1 Å². The minimum atomic E-state index is -0.293. The minimum Gasteiger partial charge on any atom is -0.330 e. The van der Waals surface area contributed by atoms with Crippen molar-refractivity contribution in [3.05, 3.63) is 29.8 Å². The van der Waals surface area contributed by atoms with E-state index in [9.17, 15) is 4.39 Å². The molecule has 1 heterocycles. The molecule has 0 fully saturated rings. The highest BCUT2D eigenvalue weighted by Crippen LogP contribution is 2.15. The first kappa shape index (κ1) is 9.13. The molecule has 1 atom stereocenters. The second kappa shape index (κ2) is 4.16. The molecule has 1 unspecified atom stereocenters. The van der Waals surface area contributed by atoms with Gasteiger partial charge in [0.15, 0.2) is 0 Å². The first-order chi connectivity index (χ1) is 5.74. The van der Waals surface area contributed by atoms with Gasteiger partial charge in [0.25, 0.3) is 0 Å². The number of nitrogens with zero attached hydrogens (tertiary/aromatic N) is 1. The zero-order valence-corrected chi connectivity index (χ0v) is 7.13. The van der Waals surface area contributed by atoms with Crippen LogP contribution in [-0.2, 0) is 0 Å². The molecule has 0 saturated heterocycles. The van der Waals surface area contributed by atoms with E-state index in [1.54, 1.807) is 6.07 Å². The van der Waals surface area contributed by atoms with Crippen LogP contribution < -0.4 is 5.73 Å². The van der Waals surface area contributed by atoms with Crippen LogP contribution in [0.2, 0.25) is 0 Å². The van der Waals surface area contributed by atoms with Gasteiger partial charge in [0.05, 0.1) is 6.20 Å². The summed E-state index contributed by atoms with van der Waals surface area (Å²) in [6.07, 6.45) is 2.13. The average Bonchev–Trinajstić information content (AvgIpc) is 2.06. The van der Waals surface area contributed by atoms with E-state index < -0.39 is 0 Å². The number of halogens is 1. The molecule has 0 bridgehead atoms. The predicted molar refractivity (Wildman–Crippen MR) is 46.3 cm³/mol. The summed E-state index contributed by atoms with van der Waals surface area (Å²) in [5.41, 5.74) is 6.30. The molecule has 0 aliphatic heterocycles. The smallest absolute Gasteiger partial charge is 0.141 e. The number of rotatable bonds is 3. The van der Waals surface area contributed by atoms with Crippen molar-refractivity contribution in [2.24, 2.45) is 5.73 Å². The lowest BCUT2D eigenvalue weighted by Gasteiger charge is -2.07. The third-order valence-electron chi connectivity index (χ3n) is 1.85.